The van der Waals surface area contributed by atoms with Crippen molar-refractivity contribution < 1.29 is 9.32 Å². The molecule has 1 amide bonds. The molecule has 2 N–H and O–H groups in total. The summed E-state index contributed by atoms with van der Waals surface area (Å²) in [7, 11) is 0. The van der Waals surface area contributed by atoms with E-state index in [1.807, 2.05) is 42.5 Å². The fraction of sp³-hybridized carbons (Fsp3) is 0.143. The Balaban J connectivity index is 1.46. The second-order valence-corrected chi connectivity index (χ2v) is 7.36. The quantitative estimate of drug-likeness (QED) is 0.466. The molecular weight excluding hydrogens is 386 g/mol. The average molecular weight is 405 g/mol. The van der Waals surface area contributed by atoms with Gasteiger partial charge in [0.05, 0.1) is 11.6 Å². The van der Waals surface area contributed by atoms with E-state index in [0.717, 1.165) is 16.0 Å². The topological polar surface area (TPSA) is 92.9 Å². The summed E-state index contributed by atoms with van der Waals surface area (Å²) in [6.45, 7) is 0.564. The molecule has 0 aliphatic rings. The maximum absolute atomic E-state index is 12.9. The SMILES string of the molecule is O=C(Nc1cc(-c2ccncc2)no1)[C@H](Cc1ccccc1)NCc1cncs1. The van der Waals surface area contributed by atoms with E-state index in [9.17, 15) is 4.79 Å². The van der Waals surface area contributed by atoms with Crippen LogP contribution in [0.2, 0.25) is 0 Å². The highest BCUT2D eigenvalue weighted by Crippen LogP contribution is 2.21. The molecule has 0 fully saturated rings. The van der Waals surface area contributed by atoms with Gasteiger partial charge in [0, 0.05) is 41.6 Å². The summed E-state index contributed by atoms with van der Waals surface area (Å²) < 4.78 is 5.30. The van der Waals surface area contributed by atoms with Gasteiger partial charge in [-0.25, -0.2) is 0 Å². The Bertz CT molecular complexity index is 1040. The summed E-state index contributed by atoms with van der Waals surface area (Å²) in [6, 6.07) is 14.8. The van der Waals surface area contributed by atoms with Gasteiger partial charge in [-0.05, 0) is 24.1 Å². The van der Waals surface area contributed by atoms with E-state index in [-0.39, 0.29) is 5.91 Å². The third-order valence-corrected chi connectivity index (χ3v) is 5.12. The predicted molar refractivity (Wildman–Crippen MR) is 111 cm³/mol. The van der Waals surface area contributed by atoms with Crippen molar-refractivity contribution in [2.24, 2.45) is 0 Å². The van der Waals surface area contributed by atoms with Crippen molar-refractivity contribution in [3.05, 3.63) is 83.1 Å². The molecule has 7 nitrogen and oxygen atoms in total. The van der Waals surface area contributed by atoms with Gasteiger partial charge in [-0.15, -0.1) is 11.3 Å². The van der Waals surface area contributed by atoms with Crippen LogP contribution in [0.25, 0.3) is 11.3 Å². The normalized spacial score (nSPS) is 11.9. The first-order valence-electron chi connectivity index (χ1n) is 9.10. The van der Waals surface area contributed by atoms with Crippen molar-refractivity contribution in [3.63, 3.8) is 0 Å². The van der Waals surface area contributed by atoms with Crippen LogP contribution in [0.1, 0.15) is 10.4 Å². The number of aromatic nitrogens is 3. The fourth-order valence-electron chi connectivity index (χ4n) is 2.86. The number of hydrogen-bond donors (Lipinski definition) is 2. The molecule has 1 atom stereocenters. The molecule has 0 unspecified atom stereocenters. The van der Waals surface area contributed by atoms with Crippen molar-refractivity contribution in [1.29, 1.82) is 0 Å². The van der Waals surface area contributed by atoms with E-state index >= 15 is 0 Å². The van der Waals surface area contributed by atoms with Crippen molar-refractivity contribution in [1.82, 2.24) is 20.4 Å². The minimum atomic E-state index is -0.436. The van der Waals surface area contributed by atoms with Crippen molar-refractivity contribution >= 4 is 23.1 Å². The molecule has 0 saturated heterocycles. The standard InChI is InChI=1S/C21H19N5O2S/c27-21(25-20-11-18(26-28-20)16-6-8-22-9-7-16)19(10-15-4-2-1-3-5-15)24-13-17-12-23-14-29-17/h1-9,11-12,14,19,24H,10,13H2,(H,25,27)/t19-/m0/s1. The molecule has 0 bridgehead atoms. The smallest absolute Gasteiger partial charge is 0.244 e. The fourth-order valence-corrected chi connectivity index (χ4v) is 3.41. The molecule has 8 heteroatoms. The zero-order chi connectivity index (χ0) is 19.9. The van der Waals surface area contributed by atoms with Crippen LogP contribution in [0, 0.1) is 0 Å². The number of rotatable bonds is 8. The third kappa shape index (κ3) is 5.13. The lowest BCUT2D eigenvalue weighted by Crippen LogP contribution is -2.41. The highest BCUT2D eigenvalue weighted by Gasteiger charge is 2.21. The molecule has 0 aliphatic carbocycles. The number of amides is 1. The summed E-state index contributed by atoms with van der Waals surface area (Å²) >= 11 is 1.55. The van der Waals surface area contributed by atoms with Gasteiger partial charge in [0.15, 0.2) is 0 Å². The molecule has 4 rings (SSSR count). The zero-order valence-electron chi connectivity index (χ0n) is 15.5. The van der Waals surface area contributed by atoms with Gasteiger partial charge in [0.25, 0.3) is 0 Å². The summed E-state index contributed by atoms with van der Waals surface area (Å²) in [5.41, 5.74) is 4.35. The Morgan fingerprint density at radius 3 is 2.69 bits per heavy atom. The molecule has 1 aromatic carbocycles. The highest BCUT2D eigenvalue weighted by atomic mass is 32.1. The minimum absolute atomic E-state index is 0.184. The van der Waals surface area contributed by atoms with Crippen molar-refractivity contribution in [2.45, 2.75) is 19.0 Å². The number of nitrogens with one attached hydrogen (secondary N) is 2. The lowest BCUT2D eigenvalue weighted by molar-refractivity contribution is -0.118. The number of hydrogen-bond acceptors (Lipinski definition) is 7. The van der Waals surface area contributed by atoms with Crippen molar-refractivity contribution in [2.75, 3.05) is 5.32 Å². The monoisotopic (exact) mass is 405 g/mol. The Labute approximate surface area is 171 Å². The van der Waals surface area contributed by atoms with E-state index in [1.165, 1.54) is 0 Å². The number of anilines is 1. The van der Waals surface area contributed by atoms with Gasteiger partial charge in [-0.2, -0.15) is 0 Å². The maximum atomic E-state index is 12.9. The zero-order valence-corrected chi connectivity index (χ0v) is 16.3. The van der Waals surface area contributed by atoms with Crippen molar-refractivity contribution in [3.8, 4) is 11.3 Å². The number of carbonyl (C=O) groups excluding carboxylic acids is 1. The summed E-state index contributed by atoms with van der Waals surface area (Å²) in [4.78, 5) is 22.1. The Kier molecular flexibility index (Phi) is 6.04. The first kappa shape index (κ1) is 19.0. The maximum Gasteiger partial charge on any atom is 0.244 e. The molecule has 29 heavy (non-hydrogen) atoms. The lowest BCUT2D eigenvalue weighted by atomic mass is 10.1. The van der Waals surface area contributed by atoms with E-state index in [2.05, 4.69) is 25.8 Å². The molecule has 3 aromatic heterocycles. The van der Waals surface area contributed by atoms with Gasteiger partial charge in [-0.3, -0.25) is 20.1 Å². The molecule has 0 spiro atoms. The van der Waals surface area contributed by atoms with Crippen LogP contribution in [-0.2, 0) is 17.8 Å². The van der Waals surface area contributed by atoms with Crippen LogP contribution >= 0.6 is 11.3 Å². The van der Waals surface area contributed by atoms with Crippen LogP contribution in [0.5, 0.6) is 0 Å². The van der Waals surface area contributed by atoms with Gasteiger partial charge in [-0.1, -0.05) is 35.5 Å². The molecule has 0 aliphatic heterocycles. The van der Waals surface area contributed by atoms with E-state index in [1.54, 1.807) is 41.5 Å². The Morgan fingerprint density at radius 2 is 1.93 bits per heavy atom. The number of thiazole rings is 1. The van der Waals surface area contributed by atoms with Crippen LogP contribution < -0.4 is 10.6 Å². The average Bonchev–Trinajstić information content (AvgIpc) is 3.45. The Morgan fingerprint density at radius 1 is 1.10 bits per heavy atom. The summed E-state index contributed by atoms with van der Waals surface area (Å²) in [5, 5.41) is 10.2. The second kappa shape index (κ2) is 9.22. The van der Waals surface area contributed by atoms with Crippen LogP contribution in [0.15, 0.2) is 77.2 Å². The molecule has 4 aromatic rings. The van der Waals surface area contributed by atoms with Crippen LogP contribution in [-0.4, -0.2) is 27.1 Å². The van der Waals surface area contributed by atoms with E-state index < -0.39 is 6.04 Å². The van der Waals surface area contributed by atoms with Crippen LogP contribution in [0.4, 0.5) is 5.88 Å². The summed E-state index contributed by atoms with van der Waals surface area (Å²) in [5.74, 6) is 0.121. The lowest BCUT2D eigenvalue weighted by Gasteiger charge is -2.17. The van der Waals surface area contributed by atoms with E-state index in [4.69, 9.17) is 4.52 Å². The van der Waals surface area contributed by atoms with Gasteiger partial charge >= 0.3 is 0 Å². The minimum Gasteiger partial charge on any atom is -0.338 e. The molecule has 0 radical (unpaired) electrons. The third-order valence-electron chi connectivity index (χ3n) is 4.34. The number of pyridine rings is 1. The number of carbonyl (C=O) groups is 1. The van der Waals surface area contributed by atoms with Gasteiger partial charge in [0.1, 0.15) is 5.69 Å². The second-order valence-electron chi connectivity index (χ2n) is 6.39. The largest absolute Gasteiger partial charge is 0.338 e. The first-order valence-corrected chi connectivity index (χ1v) is 9.98. The Hall–Kier alpha value is -3.36. The van der Waals surface area contributed by atoms with Crippen LogP contribution in [0.3, 0.4) is 0 Å². The molecule has 0 saturated carbocycles. The molecular formula is C21H19N5O2S. The number of nitrogens with zero attached hydrogens (tertiary/aromatic N) is 3. The highest BCUT2D eigenvalue weighted by molar-refractivity contribution is 7.09. The van der Waals surface area contributed by atoms with Gasteiger partial charge in [0.2, 0.25) is 11.8 Å². The van der Waals surface area contributed by atoms with Gasteiger partial charge < -0.3 is 9.84 Å². The first-order chi connectivity index (χ1) is 14.3. The number of benzene rings is 1. The summed E-state index contributed by atoms with van der Waals surface area (Å²) in [6.07, 6.45) is 5.71. The molecule has 146 valence electrons. The predicted octanol–water partition coefficient (Wildman–Crippen LogP) is 3.53. The molecule has 3 heterocycles. The van der Waals surface area contributed by atoms with E-state index in [0.29, 0.717) is 24.5 Å².